The van der Waals surface area contributed by atoms with E-state index in [9.17, 15) is 14.0 Å². The largest absolute Gasteiger partial charge is 0.356 e. The zero-order valence-corrected chi connectivity index (χ0v) is 17.0. The SMILES string of the molecule is CC(=O)c1c[nH]c(C(=O)N2CCN(Cc3ccc(-c4cccc(F)c4)s3)CC2)c1. The Morgan fingerprint density at radius 2 is 1.90 bits per heavy atom. The highest BCUT2D eigenvalue weighted by molar-refractivity contribution is 7.15. The molecule has 3 aromatic rings. The van der Waals surface area contributed by atoms with E-state index in [1.807, 2.05) is 17.0 Å². The molecule has 2 aromatic heterocycles. The molecule has 150 valence electrons. The highest BCUT2D eigenvalue weighted by atomic mass is 32.1. The molecule has 1 amide bonds. The number of carbonyl (C=O) groups is 2. The summed E-state index contributed by atoms with van der Waals surface area (Å²) >= 11 is 1.67. The number of rotatable bonds is 5. The number of ketones is 1. The molecule has 1 N–H and O–H groups in total. The Morgan fingerprint density at radius 3 is 2.59 bits per heavy atom. The van der Waals surface area contributed by atoms with Crippen LogP contribution in [0, 0.1) is 5.82 Å². The monoisotopic (exact) mass is 411 g/mol. The standard InChI is InChI=1S/C22H22FN3O2S/c1-15(27)17-12-20(24-13-17)22(28)26-9-7-25(8-10-26)14-19-5-6-21(29-19)16-3-2-4-18(23)11-16/h2-6,11-13,24H,7-10,14H2,1H3. The molecule has 1 aliphatic heterocycles. The summed E-state index contributed by atoms with van der Waals surface area (Å²) in [4.78, 5) is 33.4. The summed E-state index contributed by atoms with van der Waals surface area (Å²) in [5.41, 5.74) is 1.88. The number of thiophene rings is 1. The van der Waals surface area contributed by atoms with E-state index in [1.165, 1.54) is 17.9 Å². The maximum Gasteiger partial charge on any atom is 0.270 e. The number of piperazine rings is 1. The molecular weight excluding hydrogens is 389 g/mol. The van der Waals surface area contributed by atoms with Crippen LogP contribution in [0.5, 0.6) is 0 Å². The smallest absolute Gasteiger partial charge is 0.270 e. The molecule has 1 saturated heterocycles. The summed E-state index contributed by atoms with van der Waals surface area (Å²) < 4.78 is 13.4. The van der Waals surface area contributed by atoms with Gasteiger partial charge in [0.2, 0.25) is 0 Å². The number of benzene rings is 1. The zero-order chi connectivity index (χ0) is 20.4. The van der Waals surface area contributed by atoms with Crippen LogP contribution in [-0.2, 0) is 6.54 Å². The number of Topliss-reactive ketones (excluding diaryl/α,β-unsaturated/α-hetero) is 1. The van der Waals surface area contributed by atoms with Gasteiger partial charge in [0.1, 0.15) is 11.5 Å². The van der Waals surface area contributed by atoms with Crippen molar-refractivity contribution in [2.24, 2.45) is 0 Å². The van der Waals surface area contributed by atoms with Crippen molar-refractivity contribution in [3.63, 3.8) is 0 Å². The summed E-state index contributed by atoms with van der Waals surface area (Å²) in [6.45, 7) is 5.18. The Labute approximate surface area is 172 Å². The van der Waals surface area contributed by atoms with Gasteiger partial charge in [0, 0.05) is 54.2 Å². The number of amides is 1. The average molecular weight is 412 g/mol. The molecule has 0 spiro atoms. The van der Waals surface area contributed by atoms with Crippen molar-refractivity contribution < 1.29 is 14.0 Å². The van der Waals surface area contributed by atoms with E-state index in [0.29, 0.717) is 24.3 Å². The minimum atomic E-state index is -0.226. The normalized spacial score (nSPS) is 14.9. The number of hydrogen-bond acceptors (Lipinski definition) is 4. The van der Waals surface area contributed by atoms with E-state index in [4.69, 9.17) is 0 Å². The molecule has 0 radical (unpaired) electrons. The van der Waals surface area contributed by atoms with Gasteiger partial charge in [-0.05, 0) is 42.8 Å². The van der Waals surface area contributed by atoms with Gasteiger partial charge in [0.05, 0.1) is 0 Å². The van der Waals surface area contributed by atoms with Crippen LogP contribution >= 0.6 is 11.3 Å². The number of aromatic amines is 1. The lowest BCUT2D eigenvalue weighted by molar-refractivity contribution is 0.0624. The molecule has 1 aliphatic rings. The first-order valence-electron chi connectivity index (χ1n) is 9.55. The Morgan fingerprint density at radius 1 is 1.10 bits per heavy atom. The summed E-state index contributed by atoms with van der Waals surface area (Å²) in [5.74, 6) is -0.351. The highest BCUT2D eigenvalue weighted by Crippen LogP contribution is 2.29. The van der Waals surface area contributed by atoms with Gasteiger partial charge in [-0.15, -0.1) is 11.3 Å². The number of hydrogen-bond donors (Lipinski definition) is 1. The fourth-order valence-electron chi connectivity index (χ4n) is 3.48. The average Bonchev–Trinajstić information content (AvgIpc) is 3.38. The Balaban J connectivity index is 1.33. The van der Waals surface area contributed by atoms with Crippen molar-refractivity contribution in [1.29, 1.82) is 0 Å². The lowest BCUT2D eigenvalue weighted by Crippen LogP contribution is -2.48. The molecule has 0 bridgehead atoms. The van der Waals surface area contributed by atoms with Gasteiger partial charge in [-0.3, -0.25) is 14.5 Å². The summed E-state index contributed by atoms with van der Waals surface area (Å²) in [6, 6.07) is 12.4. The van der Waals surface area contributed by atoms with Crippen LogP contribution < -0.4 is 0 Å². The topological polar surface area (TPSA) is 56.4 Å². The van der Waals surface area contributed by atoms with Crippen LogP contribution in [0.15, 0.2) is 48.7 Å². The number of halogens is 1. The van der Waals surface area contributed by atoms with Gasteiger partial charge < -0.3 is 9.88 Å². The lowest BCUT2D eigenvalue weighted by Gasteiger charge is -2.34. The van der Waals surface area contributed by atoms with Crippen LogP contribution in [0.25, 0.3) is 10.4 Å². The van der Waals surface area contributed by atoms with E-state index in [0.717, 1.165) is 30.1 Å². The zero-order valence-electron chi connectivity index (χ0n) is 16.2. The number of carbonyl (C=O) groups excluding carboxylic acids is 2. The molecule has 7 heteroatoms. The molecule has 0 atom stereocenters. The van der Waals surface area contributed by atoms with Crippen molar-refractivity contribution in [1.82, 2.24) is 14.8 Å². The van der Waals surface area contributed by atoms with Crippen molar-refractivity contribution >= 4 is 23.0 Å². The second kappa shape index (κ2) is 8.31. The molecule has 0 aliphatic carbocycles. The first-order chi connectivity index (χ1) is 14.0. The van der Waals surface area contributed by atoms with Crippen molar-refractivity contribution in [3.05, 3.63) is 70.6 Å². The molecular formula is C22H22FN3O2S. The molecule has 3 heterocycles. The molecule has 0 saturated carbocycles. The van der Waals surface area contributed by atoms with Gasteiger partial charge >= 0.3 is 0 Å². The predicted molar refractivity (Wildman–Crippen MR) is 112 cm³/mol. The number of nitrogens with zero attached hydrogens (tertiary/aromatic N) is 2. The van der Waals surface area contributed by atoms with Crippen LogP contribution in [0.3, 0.4) is 0 Å². The Bertz CT molecular complexity index is 1030. The number of aromatic nitrogens is 1. The van der Waals surface area contributed by atoms with Gasteiger partial charge in [0.25, 0.3) is 5.91 Å². The lowest BCUT2D eigenvalue weighted by atomic mass is 10.2. The maximum atomic E-state index is 13.4. The molecule has 0 unspecified atom stereocenters. The molecule has 4 rings (SSSR count). The van der Waals surface area contributed by atoms with Crippen LogP contribution in [0.2, 0.25) is 0 Å². The van der Waals surface area contributed by atoms with Crippen LogP contribution in [0.1, 0.15) is 32.6 Å². The van der Waals surface area contributed by atoms with Gasteiger partial charge in [-0.25, -0.2) is 4.39 Å². The maximum absolute atomic E-state index is 13.4. The first-order valence-corrected chi connectivity index (χ1v) is 10.4. The fraction of sp³-hybridized carbons (Fsp3) is 0.273. The third-order valence-corrected chi connectivity index (χ3v) is 6.25. The minimum Gasteiger partial charge on any atom is -0.356 e. The second-order valence-electron chi connectivity index (χ2n) is 7.20. The molecule has 1 aromatic carbocycles. The summed E-state index contributed by atoms with van der Waals surface area (Å²) in [6.07, 6.45) is 1.58. The quantitative estimate of drug-likeness (QED) is 0.645. The number of nitrogens with one attached hydrogen (secondary N) is 1. The molecule has 5 nitrogen and oxygen atoms in total. The van der Waals surface area contributed by atoms with E-state index in [1.54, 1.807) is 35.7 Å². The van der Waals surface area contributed by atoms with Crippen molar-refractivity contribution in [2.45, 2.75) is 13.5 Å². The van der Waals surface area contributed by atoms with E-state index in [2.05, 4.69) is 16.0 Å². The predicted octanol–water partition coefficient (Wildman–Crippen LogP) is 4.04. The van der Waals surface area contributed by atoms with Crippen molar-refractivity contribution in [3.8, 4) is 10.4 Å². The summed E-state index contributed by atoms with van der Waals surface area (Å²) in [7, 11) is 0. The molecule has 1 fully saturated rings. The van der Waals surface area contributed by atoms with Crippen LogP contribution in [-0.4, -0.2) is 52.7 Å². The second-order valence-corrected chi connectivity index (χ2v) is 8.37. The van der Waals surface area contributed by atoms with E-state index in [-0.39, 0.29) is 17.5 Å². The van der Waals surface area contributed by atoms with Gasteiger partial charge in [-0.2, -0.15) is 0 Å². The highest BCUT2D eigenvalue weighted by Gasteiger charge is 2.23. The van der Waals surface area contributed by atoms with Crippen LogP contribution in [0.4, 0.5) is 4.39 Å². The third-order valence-electron chi connectivity index (χ3n) is 5.13. The van der Waals surface area contributed by atoms with Crippen molar-refractivity contribution in [2.75, 3.05) is 26.2 Å². The third kappa shape index (κ3) is 4.46. The summed E-state index contributed by atoms with van der Waals surface area (Å²) in [5, 5.41) is 0. The molecule has 29 heavy (non-hydrogen) atoms. The van der Waals surface area contributed by atoms with Gasteiger partial charge in [-0.1, -0.05) is 12.1 Å². The Kier molecular flexibility index (Phi) is 5.60. The minimum absolute atomic E-state index is 0.0568. The van der Waals surface area contributed by atoms with E-state index < -0.39 is 0 Å². The number of H-pyrrole nitrogens is 1. The first kappa shape index (κ1) is 19.5. The van der Waals surface area contributed by atoms with Gasteiger partial charge in [0.15, 0.2) is 5.78 Å². The Hall–Kier alpha value is -2.77. The van der Waals surface area contributed by atoms with E-state index >= 15 is 0 Å². The fourth-order valence-corrected chi connectivity index (χ4v) is 4.53.